The van der Waals surface area contributed by atoms with Crippen LogP contribution in [0, 0.1) is 0 Å². The summed E-state index contributed by atoms with van der Waals surface area (Å²) in [4.78, 5) is 0.472. The van der Waals surface area contributed by atoms with E-state index in [-0.39, 0.29) is 5.75 Å². The first-order valence-electron chi connectivity index (χ1n) is 1.75. The predicted octanol–water partition coefficient (Wildman–Crippen LogP) is 1.27. The van der Waals surface area contributed by atoms with Gasteiger partial charge in [-0.05, 0) is 0 Å². The van der Waals surface area contributed by atoms with Gasteiger partial charge in [0.2, 0.25) is 0 Å². The van der Waals surface area contributed by atoms with Crippen LogP contribution in [0.2, 0.25) is 0 Å². The Morgan fingerprint density at radius 3 is 2.43 bits per heavy atom. The Labute approximate surface area is 46.2 Å². The van der Waals surface area contributed by atoms with Gasteiger partial charge in [-0.15, -0.1) is 12.6 Å². The second kappa shape index (κ2) is 1.50. The van der Waals surface area contributed by atoms with Crippen molar-refractivity contribution in [2.75, 3.05) is 0 Å². The fraction of sp³-hybridized carbons (Fsp3) is 0. The van der Waals surface area contributed by atoms with Gasteiger partial charge in [0, 0.05) is 0 Å². The Morgan fingerprint density at radius 2 is 2.29 bits per heavy atom. The largest absolute Gasteiger partial charge is 0.504 e. The lowest BCUT2D eigenvalue weighted by Crippen LogP contribution is -1.50. The molecule has 0 saturated carbocycles. The fourth-order valence-electron chi connectivity index (χ4n) is 0.284. The predicted molar refractivity (Wildman–Crippen MR) is 27.6 cm³/mol. The van der Waals surface area contributed by atoms with Crippen LogP contribution in [0.4, 0.5) is 0 Å². The highest BCUT2D eigenvalue weighted by molar-refractivity contribution is 7.80. The zero-order valence-electron chi connectivity index (χ0n) is 3.46. The molecule has 1 aromatic rings. The Morgan fingerprint density at radius 1 is 1.57 bits per heavy atom. The molecular formula is C4H4O2S. The molecule has 0 aliphatic heterocycles. The van der Waals surface area contributed by atoms with E-state index in [1.807, 2.05) is 0 Å². The van der Waals surface area contributed by atoms with E-state index >= 15 is 0 Å². The molecule has 0 aromatic carbocycles. The Hall–Kier alpha value is -0.570. The van der Waals surface area contributed by atoms with Crippen LogP contribution in [0.3, 0.4) is 0 Å². The molecule has 0 amide bonds. The highest BCUT2D eigenvalue weighted by Crippen LogP contribution is 2.20. The van der Waals surface area contributed by atoms with Gasteiger partial charge in [0.05, 0.1) is 4.90 Å². The summed E-state index contributed by atoms with van der Waals surface area (Å²) in [5, 5.41) is 8.59. The van der Waals surface area contributed by atoms with E-state index in [9.17, 15) is 0 Å². The third kappa shape index (κ3) is 0.718. The molecule has 0 saturated heterocycles. The van der Waals surface area contributed by atoms with Crippen molar-refractivity contribution in [1.29, 1.82) is 0 Å². The number of hydrogen-bond donors (Lipinski definition) is 2. The maximum Gasteiger partial charge on any atom is 0.167 e. The molecule has 3 heteroatoms. The third-order valence-electron chi connectivity index (χ3n) is 0.622. The van der Waals surface area contributed by atoms with E-state index in [0.29, 0.717) is 4.90 Å². The van der Waals surface area contributed by atoms with Crippen LogP contribution in [0.25, 0.3) is 0 Å². The van der Waals surface area contributed by atoms with Gasteiger partial charge in [-0.1, -0.05) is 0 Å². The lowest BCUT2D eigenvalue weighted by molar-refractivity contribution is 0.452. The van der Waals surface area contributed by atoms with Crippen molar-refractivity contribution in [3.8, 4) is 5.75 Å². The lowest BCUT2D eigenvalue weighted by atomic mass is 10.6. The highest BCUT2D eigenvalue weighted by atomic mass is 32.1. The van der Waals surface area contributed by atoms with E-state index in [1.165, 1.54) is 12.5 Å². The van der Waals surface area contributed by atoms with Crippen LogP contribution >= 0.6 is 12.6 Å². The van der Waals surface area contributed by atoms with Crippen molar-refractivity contribution >= 4 is 12.6 Å². The van der Waals surface area contributed by atoms with Crippen LogP contribution in [0.1, 0.15) is 0 Å². The van der Waals surface area contributed by atoms with Crippen LogP contribution in [0.15, 0.2) is 21.8 Å². The Balaban J connectivity index is 3.12. The normalized spacial score (nSPS) is 9.29. The monoisotopic (exact) mass is 116 g/mol. The molecule has 0 unspecified atom stereocenters. The second-order valence-corrected chi connectivity index (χ2v) is 1.62. The summed E-state index contributed by atoms with van der Waals surface area (Å²) in [6.45, 7) is 0. The molecule has 0 bridgehead atoms. The van der Waals surface area contributed by atoms with Gasteiger partial charge in [0.15, 0.2) is 5.75 Å². The van der Waals surface area contributed by atoms with Crippen molar-refractivity contribution in [3.05, 3.63) is 12.5 Å². The van der Waals surface area contributed by atoms with Crippen LogP contribution < -0.4 is 0 Å². The topological polar surface area (TPSA) is 33.4 Å². The minimum Gasteiger partial charge on any atom is -0.504 e. The van der Waals surface area contributed by atoms with E-state index < -0.39 is 0 Å². The summed E-state index contributed by atoms with van der Waals surface area (Å²) in [5.41, 5.74) is 0. The van der Waals surface area contributed by atoms with Crippen molar-refractivity contribution in [3.63, 3.8) is 0 Å². The maximum absolute atomic E-state index is 8.59. The Kier molecular flexibility index (Phi) is 0.982. The quantitative estimate of drug-likeness (QED) is 0.500. The summed E-state index contributed by atoms with van der Waals surface area (Å²) in [6, 6.07) is 0. The first-order valence-corrected chi connectivity index (χ1v) is 2.19. The van der Waals surface area contributed by atoms with E-state index in [4.69, 9.17) is 5.11 Å². The van der Waals surface area contributed by atoms with Crippen molar-refractivity contribution < 1.29 is 9.52 Å². The zero-order valence-corrected chi connectivity index (χ0v) is 4.35. The van der Waals surface area contributed by atoms with Gasteiger partial charge in [0.1, 0.15) is 12.5 Å². The molecule has 0 atom stereocenters. The van der Waals surface area contributed by atoms with Gasteiger partial charge in [-0.2, -0.15) is 0 Å². The van der Waals surface area contributed by atoms with Crippen LogP contribution in [-0.4, -0.2) is 5.11 Å². The van der Waals surface area contributed by atoms with Crippen LogP contribution in [0.5, 0.6) is 5.75 Å². The van der Waals surface area contributed by atoms with Crippen molar-refractivity contribution in [2.24, 2.45) is 0 Å². The molecule has 1 aromatic heterocycles. The molecule has 0 aliphatic rings. The van der Waals surface area contributed by atoms with Gasteiger partial charge in [-0.3, -0.25) is 0 Å². The molecule has 1 N–H and O–H groups in total. The second-order valence-electron chi connectivity index (χ2n) is 1.14. The van der Waals surface area contributed by atoms with Crippen LogP contribution in [-0.2, 0) is 0 Å². The molecule has 1 rings (SSSR count). The lowest BCUT2D eigenvalue weighted by Gasteiger charge is -1.75. The molecular weight excluding hydrogens is 112 g/mol. The van der Waals surface area contributed by atoms with Gasteiger partial charge in [-0.25, -0.2) is 0 Å². The highest BCUT2D eigenvalue weighted by Gasteiger charge is 1.93. The summed E-state index contributed by atoms with van der Waals surface area (Å²) in [5.74, 6) is 0.0864. The van der Waals surface area contributed by atoms with E-state index in [2.05, 4.69) is 17.0 Å². The first-order chi connectivity index (χ1) is 3.30. The number of aromatic hydroxyl groups is 1. The molecule has 0 aliphatic carbocycles. The minimum atomic E-state index is 0.0864. The number of rotatable bonds is 0. The zero-order chi connectivity index (χ0) is 5.28. The van der Waals surface area contributed by atoms with Gasteiger partial charge < -0.3 is 9.52 Å². The molecule has 0 radical (unpaired) electrons. The maximum atomic E-state index is 8.59. The fourth-order valence-corrected chi connectivity index (χ4v) is 0.397. The molecule has 2 nitrogen and oxygen atoms in total. The van der Waals surface area contributed by atoms with Gasteiger partial charge in [0.25, 0.3) is 0 Å². The third-order valence-corrected chi connectivity index (χ3v) is 0.956. The Bertz CT molecular complexity index is 142. The smallest absolute Gasteiger partial charge is 0.167 e. The SMILES string of the molecule is Oc1cocc1S. The average molecular weight is 116 g/mol. The summed E-state index contributed by atoms with van der Waals surface area (Å²) in [7, 11) is 0. The number of furan rings is 1. The first kappa shape index (κ1) is 4.59. The molecule has 1 heterocycles. The molecule has 38 valence electrons. The number of hydrogen-bond acceptors (Lipinski definition) is 3. The van der Waals surface area contributed by atoms with Crippen molar-refractivity contribution in [1.82, 2.24) is 0 Å². The number of thiol groups is 1. The molecule has 0 fully saturated rings. The molecule has 0 spiro atoms. The molecule has 7 heavy (non-hydrogen) atoms. The van der Waals surface area contributed by atoms with E-state index in [1.54, 1.807) is 0 Å². The summed E-state index contributed by atoms with van der Waals surface area (Å²) < 4.78 is 4.52. The van der Waals surface area contributed by atoms with Crippen molar-refractivity contribution in [2.45, 2.75) is 4.90 Å². The standard InChI is InChI=1S/C4H4O2S/c5-3-1-6-2-4(3)7/h1-2,5,7H. The van der Waals surface area contributed by atoms with Gasteiger partial charge >= 0.3 is 0 Å². The summed E-state index contributed by atoms with van der Waals surface area (Å²) >= 11 is 3.81. The average Bonchev–Trinajstić information content (AvgIpc) is 1.91. The summed E-state index contributed by atoms with van der Waals surface area (Å²) in [6.07, 6.45) is 2.58. The minimum absolute atomic E-state index is 0.0864. The van der Waals surface area contributed by atoms with E-state index in [0.717, 1.165) is 0 Å².